The molecule has 1 rings (SSSR count). The van der Waals surface area contributed by atoms with Gasteiger partial charge in [-0.2, -0.15) is 5.26 Å². The molecule has 0 aromatic heterocycles. The number of amides is 1. The Labute approximate surface area is 143 Å². The Morgan fingerprint density at radius 2 is 1.62 bits per heavy atom. The van der Waals surface area contributed by atoms with Gasteiger partial charge in [-0.25, -0.2) is 4.79 Å². The highest BCUT2D eigenvalue weighted by Gasteiger charge is 2.27. The Kier molecular flexibility index (Phi) is 7.19. The van der Waals surface area contributed by atoms with E-state index in [0.29, 0.717) is 5.56 Å². The summed E-state index contributed by atoms with van der Waals surface area (Å²) >= 11 is 0. The maximum Gasteiger partial charge on any atom is 0.331 e. The number of nitrogens with zero attached hydrogens (tertiary/aromatic N) is 2. The fourth-order valence-electron chi connectivity index (χ4n) is 2.41. The average Bonchev–Trinajstić information content (AvgIpc) is 2.52. The molecule has 5 nitrogen and oxygen atoms in total. The van der Waals surface area contributed by atoms with Gasteiger partial charge in [-0.05, 0) is 58.4 Å². The Bertz CT molecular complexity index is 632. The molecule has 1 amide bonds. The van der Waals surface area contributed by atoms with Crippen LogP contribution in [-0.2, 0) is 14.3 Å². The zero-order valence-electron chi connectivity index (χ0n) is 14.8. The summed E-state index contributed by atoms with van der Waals surface area (Å²) < 4.78 is 5.19. The summed E-state index contributed by atoms with van der Waals surface area (Å²) in [7, 11) is 0. The standard InChI is InChI=1S/C19H24N2O3/c1-13(2)21(14(3)4)19(23)15(5)24-18(22)11-10-16-6-8-17(12-20)9-7-16/h6-11,13-15H,1-5H3/b11-10+/t15-/m0/s1. The van der Waals surface area contributed by atoms with Gasteiger partial charge in [0.05, 0.1) is 11.6 Å². The maximum absolute atomic E-state index is 12.4. The molecule has 1 aromatic carbocycles. The summed E-state index contributed by atoms with van der Waals surface area (Å²) in [5, 5.41) is 8.74. The maximum atomic E-state index is 12.4. The first kappa shape index (κ1) is 19.4. The summed E-state index contributed by atoms with van der Waals surface area (Å²) in [6, 6.07) is 8.90. The highest BCUT2D eigenvalue weighted by Crippen LogP contribution is 2.10. The lowest BCUT2D eigenvalue weighted by atomic mass is 10.1. The second-order valence-electron chi connectivity index (χ2n) is 6.08. The van der Waals surface area contributed by atoms with E-state index in [1.807, 2.05) is 33.8 Å². The van der Waals surface area contributed by atoms with Crippen molar-refractivity contribution in [2.45, 2.75) is 52.8 Å². The SMILES string of the molecule is CC(C)N(C(=O)[C@H](C)OC(=O)/C=C/c1ccc(C#N)cc1)C(C)C. The molecule has 5 heteroatoms. The van der Waals surface area contributed by atoms with Crippen molar-refractivity contribution in [1.29, 1.82) is 5.26 Å². The number of hydrogen-bond donors (Lipinski definition) is 0. The van der Waals surface area contributed by atoms with E-state index in [0.717, 1.165) is 5.56 Å². The Hall–Kier alpha value is -2.61. The third-order valence-corrected chi connectivity index (χ3v) is 3.46. The van der Waals surface area contributed by atoms with Crippen LogP contribution in [0.4, 0.5) is 0 Å². The lowest BCUT2D eigenvalue weighted by molar-refractivity contribution is -0.157. The molecule has 24 heavy (non-hydrogen) atoms. The first-order valence-electron chi connectivity index (χ1n) is 7.97. The number of rotatable bonds is 6. The van der Waals surface area contributed by atoms with Crippen LogP contribution in [-0.4, -0.2) is 35.0 Å². The molecule has 0 bridgehead atoms. The molecular formula is C19H24N2O3. The highest BCUT2D eigenvalue weighted by molar-refractivity contribution is 5.90. The van der Waals surface area contributed by atoms with Crippen LogP contribution in [0.1, 0.15) is 45.7 Å². The van der Waals surface area contributed by atoms with Crippen molar-refractivity contribution in [1.82, 2.24) is 4.90 Å². The summed E-state index contributed by atoms with van der Waals surface area (Å²) in [5.74, 6) is -0.784. The second-order valence-corrected chi connectivity index (χ2v) is 6.08. The molecule has 0 aliphatic heterocycles. The average molecular weight is 328 g/mol. The molecule has 0 radical (unpaired) electrons. The van der Waals surface area contributed by atoms with Crippen molar-refractivity contribution in [2.75, 3.05) is 0 Å². The molecule has 0 saturated carbocycles. The van der Waals surface area contributed by atoms with Crippen LogP contribution in [0.3, 0.4) is 0 Å². The minimum atomic E-state index is -0.840. The normalized spacial score (nSPS) is 12.2. The third kappa shape index (κ3) is 5.54. The zero-order valence-corrected chi connectivity index (χ0v) is 14.8. The summed E-state index contributed by atoms with van der Waals surface area (Å²) in [6.07, 6.45) is 2.02. The van der Waals surface area contributed by atoms with Gasteiger partial charge < -0.3 is 9.64 Å². The van der Waals surface area contributed by atoms with Crippen LogP contribution >= 0.6 is 0 Å². The number of nitriles is 1. The van der Waals surface area contributed by atoms with Gasteiger partial charge in [-0.3, -0.25) is 4.79 Å². The number of esters is 1. The van der Waals surface area contributed by atoms with Gasteiger partial charge in [0, 0.05) is 18.2 Å². The predicted molar refractivity (Wildman–Crippen MR) is 92.9 cm³/mol. The van der Waals surface area contributed by atoms with E-state index in [1.165, 1.54) is 6.08 Å². The minimum Gasteiger partial charge on any atom is -0.449 e. The van der Waals surface area contributed by atoms with Gasteiger partial charge in [0.2, 0.25) is 0 Å². The van der Waals surface area contributed by atoms with Crippen molar-refractivity contribution >= 4 is 18.0 Å². The Morgan fingerprint density at radius 1 is 1.08 bits per heavy atom. The number of carbonyl (C=O) groups is 2. The zero-order chi connectivity index (χ0) is 18.3. The van der Waals surface area contributed by atoms with Crippen molar-refractivity contribution in [3.05, 3.63) is 41.5 Å². The van der Waals surface area contributed by atoms with Crippen LogP contribution < -0.4 is 0 Å². The highest BCUT2D eigenvalue weighted by atomic mass is 16.5. The minimum absolute atomic E-state index is 0.0350. The van der Waals surface area contributed by atoms with Crippen LogP contribution in [0.15, 0.2) is 30.3 Å². The van der Waals surface area contributed by atoms with Gasteiger partial charge >= 0.3 is 5.97 Å². The van der Waals surface area contributed by atoms with E-state index in [9.17, 15) is 9.59 Å². The van der Waals surface area contributed by atoms with Crippen molar-refractivity contribution in [2.24, 2.45) is 0 Å². The van der Waals surface area contributed by atoms with Crippen molar-refractivity contribution < 1.29 is 14.3 Å². The molecule has 1 atom stereocenters. The van der Waals surface area contributed by atoms with Gasteiger partial charge in [-0.15, -0.1) is 0 Å². The molecule has 0 aliphatic carbocycles. The van der Waals surface area contributed by atoms with E-state index in [1.54, 1.807) is 42.2 Å². The quantitative estimate of drug-likeness (QED) is 0.594. The smallest absolute Gasteiger partial charge is 0.331 e. The van der Waals surface area contributed by atoms with Gasteiger partial charge in [0.15, 0.2) is 6.10 Å². The molecule has 0 unspecified atom stereocenters. The number of carbonyl (C=O) groups excluding carboxylic acids is 2. The summed E-state index contributed by atoms with van der Waals surface area (Å²) in [4.78, 5) is 26.0. The van der Waals surface area contributed by atoms with Crippen LogP contribution in [0.5, 0.6) is 0 Å². The largest absolute Gasteiger partial charge is 0.449 e. The fraction of sp³-hybridized carbons (Fsp3) is 0.421. The number of benzene rings is 1. The molecule has 1 aromatic rings. The molecular weight excluding hydrogens is 304 g/mol. The lowest BCUT2D eigenvalue weighted by Crippen LogP contribution is -2.47. The third-order valence-electron chi connectivity index (χ3n) is 3.46. The van der Waals surface area contributed by atoms with Crippen molar-refractivity contribution in [3.63, 3.8) is 0 Å². The van der Waals surface area contributed by atoms with E-state index < -0.39 is 12.1 Å². The number of hydrogen-bond acceptors (Lipinski definition) is 4. The second kappa shape index (κ2) is 8.88. The molecule has 0 aliphatic rings. The van der Waals surface area contributed by atoms with Gasteiger partial charge in [-0.1, -0.05) is 12.1 Å². The Balaban J connectivity index is 2.67. The molecule has 128 valence electrons. The van der Waals surface area contributed by atoms with Crippen LogP contribution in [0.25, 0.3) is 6.08 Å². The van der Waals surface area contributed by atoms with Crippen LogP contribution in [0, 0.1) is 11.3 Å². The van der Waals surface area contributed by atoms with E-state index in [-0.39, 0.29) is 18.0 Å². The van der Waals surface area contributed by atoms with E-state index >= 15 is 0 Å². The summed E-state index contributed by atoms with van der Waals surface area (Å²) in [5.41, 5.74) is 1.33. The molecule has 0 saturated heterocycles. The molecule has 0 N–H and O–H groups in total. The van der Waals surface area contributed by atoms with Gasteiger partial charge in [0.1, 0.15) is 0 Å². The first-order valence-corrected chi connectivity index (χ1v) is 7.97. The number of ether oxygens (including phenoxy) is 1. The predicted octanol–water partition coefficient (Wildman–Crippen LogP) is 3.15. The first-order chi connectivity index (χ1) is 11.3. The van der Waals surface area contributed by atoms with Gasteiger partial charge in [0.25, 0.3) is 5.91 Å². The van der Waals surface area contributed by atoms with Crippen molar-refractivity contribution in [3.8, 4) is 6.07 Å². The lowest BCUT2D eigenvalue weighted by Gasteiger charge is -2.32. The molecule has 0 fully saturated rings. The topological polar surface area (TPSA) is 70.4 Å². The summed E-state index contributed by atoms with van der Waals surface area (Å²) in [6.45, 7) is 9.29. The monoisotopic (exact) mass is 328 g/mol. The van der Waals surface area contributed by atoms with E-state index in [4.69, 9.17) is 10.00 Å². The Morgan fingerprint density at radius 3 is 2.08 bits per heavy atom. The fourth-order valence-corrected chi connectivity index (χ4v) is 2.41. The molecule has 0 heterocycles. The van der Waals surface area contributed by atoms with E-state index in [2.05, 4.69) is 0 Å². The van der Waals surface area contributed by atoms with Crippen LogP contribution in [0.2, 0.25) is 0 Å². The molecule has 0 spiro atoms.